The van der Waals surface area contributed by atoms with Crippen LogP contribution in [0.3, 0.4) is 0 Å². The molecule has 0 saturated heterocycles. The van der Waals surface area contributed by atoms with Crippen LogP contribution in [-0.4, -0.2) is 32.1 Å². The predicted molar refractivity (Wildman–Crippen MR) is 106 cm³/mol. The Hall–Kier alpha value is -3.07. The van der Waals surface area contributed by atoms with E-state index in [9.17, 15) is 33.4 Å². The van der Waals surface area contributed by atoms with Crippen LogP contribution in [-0.2, 0) is 13.1 Å². The molecule has 3 N–H and O–H groups in total. The molecule has 4 rings (SSSR count). The van der Waals surface area contributed by atoms with Crippen molar-refractivity contribution in [3.05, 3.63) is 63.1 Å². The first-order valence-electron chi connectivity index (χ1n) is 10.0. The molecule has 1 aromatic carbocycles. The number of carbonyl (C=O) groups is 2. The first-order valence-corrected chi connectivity index (χ1v) is 10.0. The summed E-state index contributed by atoms with van der Waals surface area (Å²) in [5.74, 6) is -3.89. The summed E-state index contributed by atoms with van der Waals surface area (Å²) in [4.78, 5) is 38.4. The molecule has 2 aromatic rings. The van der Waals surface area contributed by atoms with Crippen molar-refractivity contribution < 1.29 is 28.6 Å². The summed E-state index contributed by atoms with van der Waals surface area (Å²) >= 11 is 0. The molecule has 31 heavy (non-hydrogen) atoms. The van der Waals surface area contributed by atoms with E-state index in [1.54, 1.807) is 6.92 Å². The smallest absolute Gasteiger partial charge is 0.257 e. The molecule has 1 aliphatic carbocycles. The number of fused-ring (bicyclic) bond motifs is 2. The normalized spacial score (nSPS) is 25.0. The topological polar surface area (TPSA) is 109 Å². The minimum atomic E-state index is -1.36. The zero-order valence-electron chi connectivity index (χ0n) is 16.9. The number of hydrogen-bond donors (Lipinski definition) is 3. The molecule has 164 valence electrons. The van der Waals surface area contributed by atoms with Gasteiger partial charge in [0.25, 0.3) is 5.91 Å². The molecule has 2 heterocycles. The molecule has 0 bridgehead atoms. The highest BCUT2D eigenvalue weighted by Crippen LogP contribution is 2.50. The lowest BCUT2D eigenvalue weighted by Gasteiger charge is -2.51. The zero-order valence-corrected chi connectivity index (χ0v) is 16.9. The SMILES string of the molecule is CC12CCCCC1(O)Cn1cc(C(=O)NCc3ccc(F)cc3F)c(=O)c(O)c1C2=O. The summed E-state index contributed by atoms with van der Waals surface area (Å²) in [6, 6.07) is 2.88. The molecule has 9 heteroatoms. The van der Waals surface area contributed by atoms with Crippen molar-refractivity contribution in [2.24, 2.45) is 5.41 Å². The lowest BCUT2D eigenvalue weighted by Crippen LogP contribution is -2.60. The summed E-state index contributed by atoms with van der Waals surface area (Å²) in [6.45, 7) is 1.28. The van der Waals surface area contributed by atoms with Gasteiger partial charge in [0, 0.05) is 24.4 Å². The molecule has 2 atom stereocenters. The standard InChI is InChI=1S/C22H22F2N2O5/c1-21-6-2-3-7-22(21,31)11-26-10-14(17(27)18(28)16(26)19(21)29)20(30)25-9-12-4-5-13(23)8-15(12)24/h4-5,8,10,28,31H,2-3,6-7,9,11H2,1H3,(H,25,30). The molecule has 7 nitrogen and oxygen atoms in total. The lowest BCUT2D eigenvalue weighted by molar-refractivity contribution is -0.104. The number of hydrogen-bond acceptors (Lipinski definition) is 5. The van der Waals surface area contributed by atoms with E-state index in [1.807, 2.05) is 0 Å². The third-order valence-corrected chi connectivity index (χ3v) is 6.65. The molecule has 1 aliphatic heterocycles. The highest BCUT2D eigenvalue weighted by atomic mass is 19.1. The number of benzene rings is 1. The van der Waals surface area contributed by atoms with E-state index in [2.05, 4.69) is 5.32 Å². The van der Waals surface area contributed by atoms with Gasteiger partial charge in [-0.05, 0) is 25.8 Å². The van der Waals surface area contributed by atoms with Crippen LogP contribution in [0.2, 0.25) is 0 Å². The number of carbonyl (C=O) groups excluding carboxylic acids is 2. The molecule has 1 amide bonds. The fourth-order valence-electron chi connectivity index (χ4n) is 4.64. The maximum absolute atomic E-state index is 13.8. The highest BCUT2D eigenvalue weighted by Gasteiger charge is 2.57. The average molecular weight is 432 g/mol. The summed E-state index contributed by atoms with van der Waals surface area (Å²) in [6.07, 6.45) is 3.43. The van der Waals surface area contributed by atoms with E-state index in [4.69, 9.17) is 0 Å². The molecule has 1 fully saturated rings. The number of aromatic nitrogens is 1. The van der Waals surface area contributed by atoms with Crippen LogP contribution in [0.5, 0.6) is 5.75 Å². The monoisotopic (exact) mass is 432 g/mol. The molecule has 2 aliphatic rings. The van der Waals surface area contributed by atoms with Gasteiger partial charge in [-0.1, -0.05) is 18.9 Å². The Kier molecular flexibility index (Phi) is 4.96. The van der Waals surface area contributed by atoms with Gasteiger partial charge in [-0.2, -0.15) is 0 Å². The number of halogens is 2. The number of nitrogens with zero attached hydrogens (tertiary/aromatic N) is 1. The van der Waals surface area contributed by atoms with Gasteiger partial charge in [-0.25, -0.2) is 8.78 Å². The van der Waals surface area contributed by atoms with Gasteiger partial charge in [0.05, 0.1) is 17.6 Å². The Morgan fingerprint density at radius 3 is 2.65 bits per heavy atom. The van der Waals surface area contributed by atoms with E-state index in [-0.39, 0.29) is 24.3 Å². The first kappa shape index (κ1) is 21.2. The Labute approximate surface area is 176 Å². The number of pyridine rings is 1. The summed E-state index contributed by atoms with van der Waals surface area (Å²) in [5.41, 5.74) is -4.17. The van der Waals surface area contributed by atoms with Crippen molar-refractivity contribution in [3.8, 4) is 5.75 Å². The second-order valence-electron chi connectivity index (χ2n) is 8.52. The van der Waals surface area contributed by atoms with Crippen LogP contribution in [0.15, 0.2) is 29.2 Å². The van der Waals surface area contributed by atoms with Gasteiger partial charge in [-0.15, -0.1) is 0 Å². The van der Waals surface area contributed by atoms with Crippen LogP contribution < -0.4 is 10.7 Å². The maximum atomic E-state index is 13.8. The van der Waals surface area contributed by atoms with Gasteiger partial charge < -0.3 is 20.1 Å². The van der Waals surface area contributed by atoms with Crippen LogP contribution in [0.25, 0.3) is 0 Å². The molecule has 2 unspecified atom stereocenters. The largest absolute Gasteiger partial charge is 0.503 e. The predicted octanol–water partition coefficient (Wildman–Crippen LogP) is 2.27. The second-order valence-corrected chi connectivity index (χ2v) is 8.52. The Bertz CT molecular complexity index is 1160. The Morgan fingerprint density at radius 1 is 1.23 bits per heavy atom. The fraction of sp³-hybridized carbons (Fsp3) is 0.409. The van der Waals surface area contributed by atoms with Gasteiger partial charge in [0.1, 0.15) is 22.9 Å². The van der Waals surface area contributed by atoms with Crippen LogP contribution in [0.1, 0.15) is 59.0 Å². The van der Waals surface area contributed by atoms with E-state index in [1.165, 1.54) is 10.6 Å². The summed E-state index contributed by atoms with van der Waals surface area (Å²) in [5, 5.41) is 24.0. The van der Waals surface area contributed by atoms with Crippen molar-refractivity contribution >= 4 is 11.7 Å². The summed E-state index contributed by atoms with van der Waals surface area (Å²) in [7, 11) is 0. The van der Waals surface area contributed by atoms with Crippen molar-refractivity contribution in [2.45, 2.75) is 51.3 Å². The molecule has 1 saturated carbocycles. The van der Waals surface area contributed by atoms with Crippen molar-refractivity contribution in [1.82, 2.24) is 9.88 Å². The van der Waals surface area contributed by atoms with Gasteiger partial charge in [-0.3, -0.25) is 14.4 Å². The number of nitrogens with one attached hydrogen (secondary N) is 1. The number of aromatic hydroxyl groups is 1. The van der Waals surface area contributed by atoms with Crippen LogP contribution in [0.4, 0.5) is 8.78 Å². The van der Waals surface area contributed by atoms with E-state index in [0.29, 0.717) is 18.9 Å². The number of rotatable bonds is 3. The average Bonchev–Trinajstić information content (AvgIpc) is 2.71. The summed E-state index contributed by atoms with van der Waals surface area (Å²) < 4.78 is 28.1. The zero-order chi connectivity index (χ0) is 22.6. The molecule has 0 radical (unpaired) electrons. The maximum Gasteiger partial charge on any atom is 0.257 e. The van der Waals surface area contributed by atoms with Gasteiger partial charge in [0.2, 0.25) is 5.43 Å². The van der Waals surface area contributed by atoms with Crippen LogP contribution >= 0.6 is 0 Å². The Balaban J connectivity index is 1.68. The van der Waals surface area contributed by atoms with E-state index < -0.39 is 51.1 Å². The number of ketones is 1. The van der Waals surface area contributed by atoms with Crippen LogP contribution in [0, 0.1) is 17.0 Å². The minimum absolute atomic E-state index is 0.0134. The highest BCUT2D eigenvalue weighted by molar-refractivity contribution is 6.04. The van der Waals surface area contributed by atoms with E-state index >= 15 is 0 Å². The minimum Gasteiger partial charge on any atom is -0.503 e. The molecule has 1 aromatic heterocycles. The fourth-order valence-corrected chi connectivity index (χ4v) is 4.64. The van der Waals surface area contributed by atoms with Gasteiger partial charge in [0.15, 0.2) is 11.5 Å². The number of aliphatic hydroxyl groups is 1. The number of amides is 1. The van der Waals surface area contributed by atoms with Crippen molar-refractivity contribution in [3.63, 3.8) is 0 Å². The molecule has 0 spiro atoms. The third kappa shape index (κ3) is 3.23. The number of Topliss-reactive ketones (excluding diaryl/α,β-unsaturated/α-hetero) is 1. The first-order chi connectivity index (χ1) is 14.6. The van der Waals surface area contributed by atoms with Crippen molar-refractivity contribution in [2.75, 3.05) is 0 Å². The molecular formula is C22H22F2N2O5. The Morgan fingerprint density at radius 2 is 1.94 bits per heavy atom. The van der Waals surface area contributed by atoms with Gasteiger partial charge >= 0.3 is 0 Å². The quantitative estimate of drug-likeness (QED) is 0.690. The van der Waals surface area contributed by atoms with Crippen molar-refractivity contribution in [1.29, 1.82) is 0 Å². The third-order valence-electron chi connectivity index (χ3n) is 6.65. The second kappa shape index (κ2) is 7.26. The molecular weight excluding hydrogens is 410 g/mol. The lowest BCUT2D eigenvalue weighted by atomic mass is 9.59. The van der Waals surface area contributed by atoms with E-state index in [0.717, 1.165) is 25.1 Å².